The third kappa shape index (κ3) is 6.50. The van der Waals surface area contributed by atoms with Crippen LogP contribution in [0.15, 0.2) is 54.6 Å². The molecular weight excluding hydrogens is 424 g/mol. The number of nitrogens with zero attached hydrogens (tertiary/aromatic N) is 1. The first-order valence-corrected chi connectivity index (χ1v) is 10.6. The Morgan fingerprint density at radius 1 is 1.12 bits per heavy atom. The van der Waals surface area contributed by atoms with Gasteiger partial charge in [-0.3, -0.25) is 20.4 Å². The Morgan fingerprint density at radius 2 is 1.79 bits per heavy atom. The fraction of sp³-hybridized carbons (Fsp3) is 0.250. The summed E-state index contributed by atoms with van der Waals surface area (Å²) in [5.41, 5.74) is 9.73. The van der Waals surface area contributed by atoms with Crippen molar-refractivity contribution in [3.63, 3.8) is 0 Å². The van der Waals surface area contributed by atoms with Crippen LogP contribution < -0.4 is 15.9 Å². The molecule has 0 radical (unpaired) electrons. The van der Waals surface area contributed by atoms with Crippen LogP contribution in [0, 0.1) is 5.41 Å². The topological polar surface area (TPSA) is 135 Å². The molecule has 1 saturated heterocycles. The number of nitrogens with one attached hydrogen (secondary N) is 2. The van der Waals surface area contributed by atoms with Crippen molar-refractivity contribution >= 4 is 29.8 Å². The van der Waals surface area contributed by atoms with E-state index in [1.165, 1.54) is 6.08 Å². The zero-order chi connectivity index (χ0) is 23.8. The standard InChI is InChI=1S/C24H26N4O5/c1-2-32-24(31)20-4-3-15-28(20)27-21(29)14-7-16-5-8-18(9-6-16)23(30)33-19-12-10-17(11-13-19)22(25)26/h5-14,20H,2-4,15H2,1H3,(H3,25,26)(H,27,29). The lowest BCUT2D eigenvalue weighted by atomic mass is 10.1. The molecule has 1 fully saturated rings. The van der Waals surface area contributed by atoms with E-state index in [0.29, 0.717) is 36.4 Å². The maximum atomic E-state index is 12.3. The third-order valence-electron chi connectivity index (χ3n) is 5.01. The van der Waals surface area contributed by atoms with Gasteiger partial charge >= 0.3 is 11.9 Å². The summed E-state index contributed by atoms with van der Waals surface area (Å²) in [6.45, 7) is 2.63. The molecule has 9 heteroatoms. The minimum Gasteiger partial charge on any atom is -0.465 e. The normalized spacial score (nSPS) is 15.8. The molecule has 0 spiro atoms. The number of nitrogen functional groups attached to an aromatic ring is 1. The van der Waals surface area contributed by atoms with E-state index in [0.717, 1.165) is 12.0 Å². The van der Waals surface area contributed by atoms with Crippen molar-refractivity contribution in [2.24, 2.45) is 5.73 Å². The number of hydrogen-bond donors (Lipinski definition) is 3. The van der Waals surface area contributed by atoms with Gasteiger partial charge in [-0.05, 0) is 67.8 Å². The summed E-state index contributed by atoms with van der Waals surface area (Å²) in [6.07, 6.45) is 4.41. The number of amidine groups is 1. The molecule has 33 heavy (non-hydrogen) atoms. The number of hydrazine groups is 1. The van der Waals surface area contributed by atoms with Crippen LogP contribution in [0.4, 0.5) is 0 Å². The van der Waals surface area contributed by atoms with Gasteiger partial charge in [0.25, 0.3) is 5.91 Å². The number of nitrogens with two attached hydrogens (primary N) is 1. The maximum absolute atomic E-state index is 12.3. The van der Waals surface area contributed by atoms with E-state index in [9.17, 15) is 14.4 Å². The minimum absolute atomic E-state index is 0.0653. The highest BCUT2D eigenvalue weighted by Gasteiger charge is 2.32. The second-order valence-corrected chi connectivity index (χ2v) is 7.36. The Labute approximate surface area is 191 Å². The predicted octanol–water partition coefficient (Wildman–Crippen LogP) is 2.26. The van der Waals surface area contributed by atoms with Gasteiger partial charge in [-0.2, -0.15) is 0 Å². The van der Waals surface area contributed by atoms with E-state index < -0.39 is 12.0 Å². The average molecular weight is 450 g/mol. The minimum atomic E-state index is -0.530. The highest BCUT2D eigenvalue weighted by Crippen LogP contribution is 2.17. The number of ether oxygens (including phenoxy) is 2. The lowest BCUT2D eigenvalue weighted by Gasteiger charge is -2.22. The van der Waals surface area contributed by atoms with Gasteiger partial charge in [0, 0.05) is 18.2 Å². The zero-order valence-electron chi connectivity index (χ0n) is 18.2. The van der Waals surface area contributed by atoms with Gasteiger partial charge < -0.3 is 15.2 Å². The van der Waals surface area contributed by atoms with Crippen molar-refractivity contribution in [3.05, 3.63) is 71.3 Å². The molecular formula is C24H26N4O5. The number of hydrogen-bond acceptors (Lipinski definition) is 7. The quantitative estimate of drug-likeness (QED) is 0.185. The number of rotatable bonds is 8. The Kier molecular flexibility index (Phi) is 7.93. The molecule has 0 aromatic heterocycles. The van der Waals surface area contributed by atoms with E-state index in [2.05, 4.69) is 5.43 Å². The molecule has 3 rings (SSSR count). The molecule has 0 bridgehead atoms. The number of amides is 1. The van der Waals surface area contributed by atoms with Crippen LogP contribution in [-0.2, 0) is 14.3 Å². The van der Waals surface area contributed by atoms with Crippen molar-refractivity contribution in [2.75, 3.05) is 13.2 Å². The number of carbonyl (C=O) groups excluding carboxylic acids is 3. The molecule has 1 unspecified atom stereocenters. The predicted molar refractivity (Wildman–Crippen MR) is 122 cm³/mol. The van der Waals surface area contributed by atoms with Crippen LogP contribution in [0.3, 0.4) is 0 Å². The number of esters is 2. The number of carbonyl (C=O) groups is 3. The second kappa shape index (κ2) is 11.1. The molecule has 9 nitrogen and oxygen atoms in total. The van der Waals surface area contributed by atoms with E-state index in [4.69, 9.17) is 20.6 Å². The molecule has 1 heterocycles. The van der Waals surface area contributed by atoms with Crippen LogP contribution in [0.1, 0.15) is 41.3 Å². The molecule has 1 atom stereocenters. The molecule has 172 valence electrons. The van der Waals surface area contributed by atoms with E-state index in [1.54, 1.807) is 66.5 Å². The van der Waals surface area contributed by atoms with Crippen LogP contribution in [0.5, 0.6) is 5.75 Å². The summed E-state index contributed by atoms with van der Waals surface area (Å²) in [5.74, 6) is -0.948. The van der Waals surface area contributed by atoms with Gasteiger partial charge in [0.1, 0.15) is 17.6 Å². The van der Waals surface area contributed by atoms with E-state index >= 15 is 0 Å². The van der Waals surface area contributed by atoms with Gasteiger partial charge in [0.15, 0.2) is 0 Å². The van der Waals surface area contributed by atoms with Gasteiger partial charge in [0.2, 0.25) is 0 Å². The third-order valence-corrected chi connectivity index (χ3v) is 5.01. The van der Waals surface area contributed by atoms with Crippen molar-refractivity contribution in [1.82, 2.24) is 10.4 Å². The van der Waals surface area contributed by atoms with E-state index in [1.807, 2.05) is 0 Å². The first kappa shape index (κ1) is 23.7. The van der Waals surface area contributed by atoms with Crippen LogP contribution in [0.2, 0.25) is 0 Å². The molecule has 1 aliphatic rings. The highest BCUT2D eigenvalue weighted by molar-refractivity contribution is 5.95. The summed E-state index contributed by atoms with van der Waals surface area (Å²) < 4.78 is 10.4. The van der Waals surface area contributed by atoms with Gasteiger partial charge in [-0.1, -0.05) is 12.1 Å². The van der Waals surface area contributed by atoms with Crippen LogP contribution in [0.25, 0.3) is 6.08 Å². The first-order chi connectivity index (χ1) is 15.9. The van der Waals surface area contributed by atoms with Crippen LogP contribution in [-0.4, -0.2) is 47.9 Å². The SMILES string of the molecule is CCOC(=O)C1CCCN1NC(=O)C=Cc1ccc(C(=O)Oc2ccc(C(=N)N)cc2)cc1. The smallest absolute Gasteiger partial charge is 0.343 e. The molecule has 2 aromatic rings. The van der Waals surface area contributed by atoms with E-state index in [-0.39, 0.29) is 17.7 Å². The first-order valence-electron chi connectivity index (χ1n) is 10.6. The summed E-state index contributed by atoms with van der Waals surface area (Å²) in [5, 5.41) is 8.98. The largest absolute Gasteiger partial charge is 0.465 e. The lowest BCUT2D eigenvalue weighted by Crippen LogP contribution is -2.48. The zero-order valence-corrected chi connectivity index (χ0v) is 18.2. The summed E-state index contributed by atoms with van der Waals surface area (Å²) in [7, 11) is 0. The second-order valence-electron chi connectivity index (χ2n) is 7.36. The fourth-order valence-corrected chi connectivity index (χ4v) is 3.33. The van der Waals surface area contributed by atoms with Crippen LogP contribution >= 0.6 is 0 Å². The maximum Gasteiger partial charge on any atom is 0.343 e. The summed E-state index contributed by atoms with van der Waals surface area (Å²) in [4.78, 5) is 36.6. The average Bonchev–Trinajstić information content (AvgIpc) is 3.26. The lowest BCUT2D eigenvalue weighted by molar-refractivity contribution is -0.150. The Bertz CT molecular complexity index is 1050. The molecule has 0 saturated carbocycles. The number of benzene rings is 2. The summed E-state index contributed by atoms with van der Waals surface area (Å²) in [6, 6.07) is 12.4. The molecule has 0 aliphatic carbocycles. The Hall–Kier alpha value is -3.98. The van der Waals surface area contributed by atoms with Gasteiger partial charge in [-0.15, -0.1) is 0 Å². The molecule has 1 aliphatic heterocycles. The van der Waals surface area contributed by atoms with Gasteiger partial charge in [0.05, 0.1) is 12.2 Å². The molecule has 1 amide bonds. The van der Waals surface area contributed by atoms with Crippen molar-refractivity contribution < 1.29 is 23.9 Å². The van der Waals surface area contributed by atoms with Crippen molar-refractivity contribution in [1.29, 1.82) is 5.41 Å². The highest BCUT2D eigenvalue weighted by atomic mass is 16.5. The Morgan fingerprint density at radius 3 is 2.42 bits per heavy atom. The van der Waals surface area contributed by atoms with Gasteiger partial charge in [-0.25, -0.2) is 9.80 Å². The Balaban J connectivity index is 1.54. The van der Waals surface area contributed by atoms with Crippen molar-refractivity contribution in [3.8, 4) is 5.75 Å². The summed E-state index contributed by atoms with van der Waals surface area (Å²) >= 11 is 0. The molecule has 2 aromatic carbocycles. The fourth-order valence-electron chi connectivity index (χ4n) is 3.33. The monoisotopic (exact) mass is 450 g/mol. The van der Waals surface area contributed by atoms with Crippen molar-refractivity contribution in [2.45, 2.75) is 25.8 Å². The molecule has 4 N–H and O–H groups in total.